The fraction of sp³-hybridized carbons (Fsp3) is 0.910. The number of hydrogen-bond acceptors (Lipinski definition) is 38. The molecule has 0 bridgehead atoms. The van der Waals surface area contributed by atoms with E-state index in [1.54, 1.807) is 20.8 Å². The fourth-order valence-corrected chi connectivity index (χ4v) is 13.2. The Labute approximate surface area is 630 Å². The molecular formula is C67H121N5O37. The molecule has 42 nitrogen and oxygen atoms in total. The van der Waals surface area contributed by atoms with Gasteiger partial charge < -0.3 is 180 Å². The van der Waals surface area contributed by atoms with Gasteiger partial charge in [-0.1, -0.05) is 48.5 Å². The number of carbonyl (C=O) groups is 6. The van der Waals surface area contributed by atoms with Gasteiger partial charge >= 0.3 is 0 Å². The van der Waals surface area contributed by atoms with E-state index in [0.717, 1.165) is 27.7 Å². The second-order valence-electron chi connectivity index (χ2n) is 29.1. The van der Waals surface area contributed by atoms with E-state index in [0.29, 0.717) is 0 Å². The van der Waals surface area contributed by atoms with Crippen molar-refractivity contribution in [1.29, 1.82) is 0 Å². The molecule has 35 unspecified atom stereocenters. The summed E-state index contributed by atoms with van der Waals surface area (Å²) < 4.78 is 69.3. The van der Waals surface area contributed by atoms with E-state index in [1.807, 2.05) is 48.5 Å². The van der Waals surface area contributed by atoms with E-state index >= 15 is 0 Å². The lowest BCUT2D eigenvalue weighted by Crippen LogP contribution is -2.70. The third-order valence-electron chi connectivity index (χ3n) is 18.5. The molecule has 0 spiro atoms. The van der Waals surface area contributed by atoms with Gasteiger partial charge in [0, 0.05) is 51.5 Å². The second-order valence-corrected chi connectivity index (χ2v) is 29.1. The first-order chi connectivity index (χ1) is 51.0. The van der Waals surface area contributed by atoms with Crippen LogP contribution in [-0.4, -0.2) is 398 Å². The fourth-order valence-electron chi connectivity index (χ4n) is 13.2. The number of aliphatic hydroxyl groups excluding tert-OH is 19. The monoisotopic (exact) mass is 1590 g/mol. The van der Waals surface area contributed by atoms with Gasteiger partial charge in [0.1, 0.15) is 164 Å². The van der Waals surface area contributed by atoms with Gasteiger partial charge in [0.05, 0.1) is 63.9 Å². The quantitative estimate of drug-likeness (QED) is 0.0382. The largest absolute Gasteiger partial charge is 0.394 e. The Hall–Kier alpha value is -4.06. The summed E-state index contributed by atoms with van der Waals surface area (Å²) in [6.07, 6.45) is -53.3. The van der Waals surface area contributed by atoms with Crippen molar-refractivity contribution < 1.29 is 183 Å². The Morgan fingerprint density at radius 2 is 0.679 bits per heavy atom. The number of carbonyl (C=O) groups excluding carboxylic acids is 6. The number of Topliss-reactive ketones (excluding diaryl/α,β-unsaturated/α-hetero) is 2. The minimum absolute atomic E-state index is 0.241. The van der Waals surface area contributed by atoms with Crippen molar-refractivity contribution in [2.45, 2.75) is 343 Å². The van der Waals surface area contributed by atoms with Crippen molar-refractivity contribution in [3.05, 3.63) is 0 Å². The molecular weight excluding hydrogens is 1470 g/mol. The molecule has 7 heterocycles. The first kappa shape index (κ1) is 97.3. The topological polar surface area (TPSA) is 658 Å². The third kappa shape index (κ3) is 25.2. The van der Waals surface area contributed by atoms with Crippen LogP contribution >= 0.6 is 0 Å². The lowest BCUT2D eigenvalue weighted by atomic mass is 9.82. The Morgan fingerprint density at radius 3 is 1.09 bits per heavy atom. The molecule has 7 aliphatic rings. The molecule has 7 saturated heterocycles. The number of rotatable bonds is 26. The molecule has 24 N–H and O–H groups in total. The van der Waals surface area contributed by atoms with Crippen LogP contribution in [0.5, 0.6) is 0 Å². The molecule has 7 rings (SSSR count). The SMILES string of the molecule is CC.CC.CC(=O)NC1C(CC(=O)C[C@H](NC(C)(C)C)C(=O)C(C)(C)C)OC(CO)C(OC2OC(CO)C(OC3OC(C)C(O)C(OC4OC(CO)C(O)C(O)C4OC4OC(CO)C(O)C(O)C4NC(C)=O)C3O)C(O)C2NC(C)=O)C1O.CC(=O)NC1C(OC2C(O)OC(CO)C(O)C2O)OC(CO)C(O)C1O. The molecule has 7 fully saturated rings. The van der Waals surface area contributed by atoms with Crippen LogP contribution in [-0.2, 0) is 85.6 Å². The average Bonchev–Trinajstić information content (AvgIpc) is 0.785. The standard InChI is InChI=1S/C49H84N4O26.C14H25NO11.2C2H6/c1-17-31(62)41(78-47-42(37(68)33(64)25(14-55)74-47)79-44-29(51-19(3)59)34(65)32(63)24(13-54)73-44)38(69)46(71-17)77-40-27(16-57)75-45(30(36(40)67)52-20(4)60)76-39-26(15-56)72-23(28(35(39)66)50-18(2)58)12-21(61)11-22(53-49(8,9)10)43(70)48(5,6)7;1-4(18)15-7-10(21)8(19)6(3-17)25-14(7)26-12-11(22)9(20)5(2-16)24-13(12)23;2*1-2/h17,22-42,44-47,53-57,62-69H,11-16H2,1-10H3,(H,50,58)(H,51,59)(H,52,60);5-14,16-17,19-23H,2-3H2,1H3,(H,15,18);2*1-2H3/t17?,22-,23?,24?,25?,26?,27?,28?,29?,30?,31?,32?,33?,34?,35?,36?,37?,38?,39?,40?,41?,42?,44?,45?,46?,47?;;;/m0.../s1. The highest BCUT2D eigenvalue weighted by atomic mass is 16.8. The number of ether oxygens (including phenoxy) is 12. The zero-order valence-electron chi connectivity index (χ0n) is 63.8. The Morgan fingerprint density at radius 1 is 0.349 bits per heavy atom. The lowest BCUT2D eigenvalue weighted by molar-refractivity contribution is -0.389. The molecule has 42 heteroatoms. The first-order valence-corrected chi connectivity index (χ1v) is 36.3. The van der Waals surface area contributed by atoms with Crippen LogP contribution in [0.4, 0.5) is 0 Å². The maximum atomic E-state index is 13.8. The van der Waals surface area contributed by atoms with Gasteiger partial charge in [-0.25, -0.2) is 0 Å². The lowest BCUT2D eigenvalue weighted by Gasteiger charge is -2.50. The molecule has 636 valence electrons. The van der Waals surface area contributed by atoms with Crippen molar-refractivity contribution in [1.82, 2.24) is 26.6 Å². The number of aliphatic hydroxyl groups is 19. The van der Waals surface area contributed by atoms with Crippen LogP contribution in [0.2, 0.25) is 0 Å². The number of nitrogens with one attached hydrogen (secondary N) is 5. The molecule has 0 saturated carbocycles. The van der Waals surface area contributed by atoms with Gasteiger partial charge in [-0.15, -0.1) is 0 Å². The number of ketones is 2. The predicted molar refractivity (Wildman–Crippen MR) is 366 cm³/mol. The van der Waals surface area contributed by atoms with E-state index in [-0.39, 0.29) is 12.2 Å². The second kappa shape index (κ2) is 43.6. The molecule has 0 aromatic carbocycles. The summed E-state index contributed by atoms with van der Waals surface area (Å²) in [5.74, 6) is -3.50. The highest BCUT2D eigenvalue weighted by Crippen LogP contribution is 2.38. The van der Waals surface area contributed by atoms with Gasteiger partial charge in [-0.05, 0) is 27.7 Å². The zero-order valence-corrected chi connectivity index (χ0v) is 63.8. The summed E-state index contributed by atoms with van der Waals surface area (Å²) in [4.78, 5) is 76.1. The summed E-state index contributed by atoms with van der Waals surface area (Å²) in [7, 11) is 0. The molecule has 0 aliphatic carbocycles. The Kier molecular flexibility index (Phi) is 38.9. The van der Waals surface area contributed by atoms with Crippen LogP contribution in [0.15, 0.2) is 0 Å². The van der Waals surface area contributed by atoms with Gasteiger partial charge in [0.2, 0.25) is 23.6 Å². The van der Waals surface area contributed by atoms with Gasteiger partial charge in [-0.2, -0.15) is 0 Å². The van der Waals surface area contributed by atoms with Crippen LogP contribution < -0.4 is 26.6 Å². The van der Waals surface area contributed by atoms with Crippen molar-refractivity contribution in [3.8, 4) is 0 Å². The minimum atomic E-state index is -2.12. The minimum Gasteiger partial charge on any atom is -0.394 e. The molecule has 36 atom stereocenters. The summed E-state index contributed by atoms with van der Waals surface area (Å²) >= 11 is 0. The van der Waals surface area contributed by atoms with Crippen LogP contribution in [0.3, 0.4) is 0 Å². The summed E-state index contributed by atoms with van der Waals surface area (Å²) in [5, 5.41) is 213. The van der Waals surface area contributed by atoms with Crippen LogP contribution in [0.25, 0.3) is 0 Å². The summed E-state index contributed by atoms with van der Waals surface area (Å²) in [6, 6.07) is -6.87. The van der Waals surface area contributed by atoms with Crippen molar-refractivity contribution >= 4 is 35.2 Å². The van der Waals surface area contributed by atoms with E-state index in [4.69, 9.17) is 61.9 Å². The highest BCUT2D eigenvalue weighted by Gasteiger charge is 2.59. The van der Waals surface area contributed by atoms with Gasteiger partial charge in [0.15, 0.2) is 43.5 Å². The summed E-state index contributed by atoms with van der Waals surface area (Å²) in [5.41, 5.74) is -1.41. The smallest absolute Gasteiger partial charge is 0.217 e. The van der Waals surface area contributed by atoms with Crippen molar-refractivity contribution in [2.75, 3.05) is 39.6 Å². The van der Waals surface area contributed by atoms with Gasteiger partial charge in [-0.3, -0.25) is 28.8 Å². The third-order valence-corrected chi connectivity index (χ3v) is 18.5. The molecule has 109 heavy (non-hydrogen) atoms. The number of hydrogen-bond donors (Lipinski definition) is 24. The van der Waals surface area contributed by atoms with E-state index in [9.17, 15) is 121 Å². The normalized spacial score (nSPS) is 41.5. The van der Waals surface area contributed by atoms with Crippen LogP contribution in [0.1, 0.15) is 117 Å². The molecule has 7 aliphatic heterocycles. The molecule has 0 aromatic rings. The van der Waals surface area contributed by atoms with E-state index in [2.05, 4.69) is 26.6 Å². The Balaban J connectivity index is 0.000000697. The Bertz CT molecular complexity index is 2800. The average molecular weight is 1590 g/mol. The molecule has 0 aromatic heterocycles. The van der Waals surface area contributed by atoms with Crippen molar-refractivity contribution in [3.63, 3.8) is 0 Å². The van der Waals surface area contributed by atoms with Crippen LogP contribution in [0, 0.1) is 5.41 Å². The summed E-state index contributed by atoms with van der Waals surface area (Å²) in [6.45, 7) is 19.4. The predicted octanol–water partition coefficient (Wildman–Crippen LogP) is -10.9. The number of amides is 4. The molecule has 0 radical (unpaired) electrons. The molecule has 4 amide bonds. The van der Waals surface area contributed by atoms with E-state index < -0.39 is 307 Å². The van der Waals surface area contributed by atoms with E-state index in [1.165, 1.54) is 6.92 Å². The van der Waals surface area contributed by atoms with Crippen molar-refractivity contribution in [2.24, 2.45) is 5.41 Å². The van der Waals surface area contributed by atoms with Gasteiger partial charge in [0.25, 0.3) is 0 Å². The maximum absolute atomic E-state index is 13.8. The first-order valence-electron chi connectivity index (χ1n) is 36.3. The highest BCUT2D eigenvalue weighted by molar-refractivity contribution is 5.93. The maximum Gasteiger partial charge on any atom is 0.217 e. The zero-order chi connectivity index (χ0) is 82.9.